The van der Waals surface area contributed by atoms with E-state index in [2.05, 4.69) is 12.2 Å². The van der Waals surface area contributed by atoms with E-state index in [0.29, 0.717) is 13.0 Å². The maximum atomic E-state index is 11.0. The third-order valence-corrected chi connectivity index (χ3v) is 2.75. The normalized spacial score (nSPS) is 10.5. The number of hydrogen-bond donors (Lipinski definition) is 1. The molecule has 0 radical (unpaired) electrons. The van der Waals surface area contributed by atoms with Gasteiger partial charge in [0.15, 0.2) is 0 Å². The van der Waals surface area contributed by atoms with Crippen molar-refractivity contribution in [1.82, 2.24) is 5.32 Å². The van der Waals surface area contributed by atoms with Crippen LogP contribution >= 0.6 is 0 Å². The zero-order chi connectivity index (χ0) is 12.8. The molecule has 0 heterocycles. The predicted molar refractivity (Wildman–Crippen MR) is 72.1 cm³/mol. The van der Waals surface area contributed by atoms with Crippen molar-refractivity contribution in [3.05, 3.63) is 0 Å². The molecule has 0 bridgehead atoms. The summed E-state index contributed by atoms with van der Waals surface area (Å²) in [6.45, 7) is 6.58. The SMILES string of the molecule is CCCCCCCCNCCCC(=O)OCC. The summed E-state index contributed by atoms with van der Waals surface area (Å²) in [6, 6.07) is 0. The number of unbranched alkanes of at least 4 members (excludes halogenated alkanes) is 5. The highest BCUT2D eigenvalue weighted by atomic mass is 16.5. The Labute approximate surface area is 106 Å². The minimum Gasteiger partial charge on any atom is -0.466 e. The third-order valence-electron chi connectivity index (χ3n) is 2.75. The number of carbonyl (C=O) groups is 1. The van der Waals surface area contributed by atoms with E-state index in [0.717, 1.165) is 19.5 Å². The molecule has 0 aliphatic rings. The molecule has 0 aliphatic heterocycles. The van der Waals surface area contributed by atoms with Crippen LogP contribution in [0.25, 0.3) is 0 Å². The van der Waals surface area contributed by atoms with Crippen molar-refractivity contribution in [2.75, 3.05) is 19.7 Å². The van der Waals surface area contributed by atoms with Crippen LogP contribution in [0.3, 0.4) is 0 Å². The molecule has 0 aromatic carbocycles. The van der Waals surface area contributed by atoms with E-state index >= 15 is 0 Å². The van der Waals surface area contributed by atoms with Gasteiger partial charge >= 0.3 is 5.97 Å². The third kappa shape index (κ3) is 13.4. The van der Waals surface area contributed by atoms with E-state index in [-0.39, 0.29) is 5.97 Å². The lowest BCUT2D eigenvalue weighted by atomic mass is 10.1. The van der Waals surface area contributed by atoms with E-state index in [9.17, 15) is 4.79 Å². The Morgan fingerprint density at radius 2 is 1.59 bits per heavy atom. The monoisotopic (exact) mass is 243 g/mol. The van der Waals surface area contributed by atoms with Crippen LogP contribution in [0.1, 0.15) is 65.2 Å². The number of carbonyl (C=O) groups excluding carboxylic acids is 1. The van der Waals surface area contributed by atoms with Gasteiger partial charge in [-0.1, -0.05) is 39.0 Å². The largest absolute Gasteiger partial charge is 0.466 e. The molecule has 0 unspecified atom stereocenters. The lowest BCUT2D eigenvalue weighted by molar-refractivity contribution is -0.143. The van der Waals surface area contributed by atoms with Crippen LogP contribution in [0.2, 0.25) is 0 Å². The lowest BCUT2D eigenvalue weighted by Crippen LogP contribution is -2.18. The number of esters is 1. The Bertz CT molecular complexity index is 172. The number of hydrogen-bond acceptors (Lipinski definition) is 3. The van der Waals surface area contributed by atoms with Gasteiger partial charge in [0, 0.05) is 6.42 Å². The summed E-state index contributed by atoms with van der Waals surface area (Å²) in [5.41, 5.74) is 0. The number of rotatable bonds is 12. The van der Waals surface area contributed by atoms with E-state index in [1.807, 2.05) is 6.92 Å². The van der Waals surface area contributed by atoms with Gasteiger partial charge < -0.3 is 10.1 Å². The highest BCUT2D eigenvalue weighted by molar-refractivity contribution is 5.69. The van der Waals surface area contributed by atoms with E-state index < -0.39 is 0 Å². The van der Waals surface area contributed by atoms with Crippen molar-refractivity contribution in [3.63, 3.8) is 0 Å². The zero-order valence-electron chi connectivity index (χ0n) is 11.6. The van der Waals surface area contributed by atoms with Crippen LogP contribution in [-0.2, 0) is 9.53 Å². The highest BCUT2D eigenvalue weighted by Crippen LogP contribution is 2.04. The first-order chi connectivity index (χ1) is 8.31. The summed E-state index contributed by atoms with van der Waals surface area (Å²) in [6.07, 6.45) is 9.41. The van der Waals surface area contributed by atoms with Gasteiger partial charge in [0.1, 0.15) is 0 Å². The molecule has 0 saturated carbocycles. The molecule has 0 fully saturated rings. The van der Waals surface area contributed by atoms with Gasteiger partial charge in [-0.15, -0.1) is 0 Å². The lowest BCUT2D eigenvalue weighted by Gasteiger charge is -2.04. The van der Waals surface area contributed by atoms with Crippen molar-refractivity contribution in [1.29, 1.82) is 0 Å². The molecule has 0 spiro atoms. The Morgan fingerprint density at radius 3 is 2.29 bits per heavy atom. The molecule has 0 atom stereocenters. The van der Waals surface area contributed by atoms with Crippen molar-refractivity contribution >= 4 is 5.97 Å². The van der Waals surface area contributed by atoms with Crippen LogP contribution in [0.5, 0.6) is 0 Å². The maximum Gasteiger partial charge on any atom is 0.305 e. The van der Waals surface area contributed by atoms with E-state index in [1.165, 1.54) is 38.5 Å². The fourth-order valence-corrected chi connectivity index (χ4v) is 1.75. The summed E-state index contributed by atoms with van der Waals surface area (Å²) >= 11 is 0. The highest BCUT2D eigenvalue weighted by Gasteiger charge is 1.99. The smallest absolute Gasteiger partial charge is 0.305 e. The molecule has 102 valence electrons. The second kappa shape index (κ2) is 13.5. The molecule has 1 N–H and O–H groups in total. The van der Waals surface area contributed by atoms with Crippen molar-refractivity contribution in [2.24, 2.45) is 0 Å². The summed E-state index contributed by atoms with van der Waals surface area (Å²) in [7, 11) is 0. The Morgan fingerprint density at radius 1 is 0.941 bits per heavy atom. The summed E-state index contributed by atoms with van der Waals surface area (Å²) in [5.74, 6) is -0.0751. The Hall–Kier alpha value is -0.570. The first kappa shape index (κ1) is 16.4. The Balaban J connectivity index is 3.01. The van der Waals surface area contributed by atoms with Crippen LogP contribution in [0.4, 0.5) is 0 Å². The van der Waals surface area contributed by atoms with Crippen LogP contribution < -0.4 is 5.32 Å². The molecule has 17 heavy (non-hydrogen) atoms. The molecule has 0 rings (SSSR count). The average Bonchev–Trinajstić information content (AvgIpc) is 2.32. The van der Waals surface area contributed by atoms with Gasteiger partial charge in [-0.3, -0.25) is 4.79 Å². The molecule has 0 aromatic rings. The number of ether oxygens (including phenoxy) is 1. The molecule has 3 nitrogen and oxygen atoms in total. The van der Waals surface area contributed by atoms with Gasteiger partial charge in [0.25, 0.3) is 0 Å². The summed E-state index contributed by atoms with van der Waals surface area (Å²) in [4.78, 5) is 11.0. The second-order valence-corrected chi connectivity index (χ2v) is 4.43. The zero-order valence-corrected chi connectivity index (χ0v) is 11.6. The average molecular weight is 243 g/mol. The molecule has 3 heteroatoms. The fraction of sp³-hybridized carbons (Fsp3) is 0.929. The van der Waals surface area contributed by atoms with Crippen molar-refractivity contribution < 1.29 is 9.53 Å². The topological polar surface area (TPSA) is 38.3 Å². The van der Waals surface area contributed by atoms with E-state index in [4.69, 9.17) is 4.74 Å². The Kier molecular flexibility index (Phi) is 13.0. The molecule has 0 aromatic heterocycles. The van der Waals surface area contributed by atoms with Gasteiger partial charge in [-0.2, -0.15) is 0 Å². The van der Waals surface area contributed by atoms with Crippen molar-refractivity contribution in [3.8, 4) is 0 Å². The quantitative estimate of drug-likeness (QED) is 0.422. The number of nitrogens with one attached hydrogen (secondary N) is 1. The predicted octanol–water partition coefficient (Wildman–Crippen LogP) is 3.28. The van der Waals surface area contributed by atoms with Gasteiger partial charge in [-0.05, 0) is 32.9 Å². The minimum absolute atomic E-state index is 0.0751. The molecular weight excluding hydrogens is 214 g/mol. The van der Waals surface area contributed by atoms with Gasteiger partial charge in [0.05, 0.1) is 6.61 Å². The van der Waals surface area contributed by atoms with Gasteiger partial charge in [-0.25, -0.2) is 0 Å². The first-order valence-electron chi connectivity index (χ1n) is 7.17. The second-order valence-electron chi connectivity index (χ2n) is 4.43. The standard InChI is InChI=1S/C14H29NO2/c1-3-5-6-7-8-9-12-15-13-10-11-14(16)17-4-2/h15H,3-13H2,1-2H3. The maximum absolute atomic E-state index is 11.0. The first-order valence-corrected chi connectivity index (χ1v) is 7.17. The molecular formula is C14H29NO2. The van der Waals surface area contributed by atoms with Crippen LogP contribution in [0.15, 0.2) is 0 Å². The molecule has 0 aliphatic carbocycles. The van der Waals surface area contributed by atoms with Crippen LogP contribution in [-0.4, -0.2) is 25.7 Å². The molecule has 0 amide bonds. The van der Waals surface area contributed by atoms with Crippen molar-refractivity contribution in [2.45, 2.75) is 65.2 Å². The van der Waals surface area contributed by atoms with Gasteiger partial charge in [0.2, 0.25) is 0 Å². The van der Waals surface area contributed by atoms with E-state index in [1.54, 1.807) is 0 Å². The summed E-state index contributed by atoms with van der Waals surface area (Å²) in [5, 5.41) is 3.37. The minimum atomic E-state index is -0.0751. The van der Waals surface area contributed by atoms with Crippen LogP contribution in [0, 0.1) is 0 Å². The fourth-order valence-electron chi connectivity index (χ4n) is 1.75. The molecule has 0 saturated heterocycles. The summed E-state index contributed by atoms with van der Waals surface area (Å²) < 4.78 is 4.86.